The lowest BCUT2D eigenvalue weighted by atomic mass is 9.80. The van der Waals surface area contributed by atoms with Crippen LogP contribution in [0.2, 0.25) is 0 Å². The number of nitro groups is 1. The molecule has 0 unspecified atom stereocenters. The molecule has 1 saturated carbocycles. The fourth-order valence-corrected chi connectivity index (χ4v) is 3.34. The lowest BCUT2D eigenvalue weighted by Crippen LogP contribution is -2.25. The molecular weight excluding hydrogens is 332 g/mol. The van der Waals surface area contributed by atoms with Crippen molar-refractivity contribution in [3.8, 4) is 5.75 Å². The highest BCUT2D eigenvalue weighted by Crippen LogP contribution is 2.33. The maximum absolute atomic E-state index is 13.6. The number of hydrogen-bond donors (Lipinski definition) is 0. The highest BCUT2D eigenvalue weighted by molar-refractivity contribution is 5.75. The number of hydrogen-bond acceptors (Lipinski definition) is 4. The highest BCUT2D eigenvalue weighted by atomic mass is 19.1. The summed E-state index contributed by atoms with van der Waals surface area (Å²) in [6.45, 7) is 2.16. The Balaban J connectivity index is 1.90. The van der Waals surface area contributed by atoms with E-state index in [-0.39, 0.29) is 11.7 Å². The first-order valence-corrected chi connectivity index (χ1v) is 8.77. The Bertz CT molecular complexity index is 604. The topological polar surface area (TPSA) is 69.4 Å². The SMILES string of the molecule is CCCCCC1CCC(C(=O)Oc2cc(F)c([N+](=O)[O-])c(F)c2)CC1. The summed E-state index contributed by atoms with van der Waals surface area (Å²) in [4.78, 5) is 21.6. The second-order valence-corrected chi connectivity index (χ2v) is 6.63. The third kappa shape index (κ3) is 5.21. The Kier molecular flexibility index (Phi) is 6.84. The van der Waals surface area contributed by atoms with Crippen LogP contribution in [0.25, 0.3) is 0 Å². The molecule has 1 fully saturated rings. The van der Waals surface area contributed by atoms with Gasteiger partial charge in [-0.05, 0) is 31.6 Å². The van der Waals surface area contributed by atoms with Crippen LogP contribution in [-0.4, -0.2) is 10.9 Å². The molecule has 0 atom stereocenters. The van der Waals surface area contributed by atoms with Gasteiger partial charge in [0.05, 0.1) is 10.8 Å². The van der Waals surface area contributed by atoms with E-state index in [1.807, 2.05) is 0 Å². The van der Waals surface area contributed by atoms with E-state index in [9.17, 15) is 23.7 Å². The molecule has 0 amide bonds. The zero-order valence-electron chi connectivity index (χ0n) is 14.3. The lowest BCUT2D eigenvalue weighted by Gasteiger charge is -2.27. The summed E-state index contributed by atoms with van der Waals surface area (Å²) in [7, 11) is 0. The maximum Gasteiger partial charge on any atom is 0.340 e. The van der Waals surface area contributed by atoms with Crippen LogP contribution in [0.15, 0.2) is 12.1 Å². The molecule has 0 bridgehead atoms. The van der Waals surface area contributed by atoms with Crippen molar-refractivity contribution in [2.24, 2.45) is 11.8 Å². The molecule has 0 N–H and O–H groups in total. The second-order valence-electron chi connectivity index (χ2n) is 6.63. The van der Waals surface area contributed by atoms with Gasteiger partial charge in [0.25, 0.3) is 0 Å². The van der Waals surface area contributed by atoms with E-state index >= 15 is 0 Å². The summed E-state index contributed by atoms with van der Waals surface area (Å²) in [6.07, 6.45) is 8.09. The number of ether oxygens (including phenoxy) is 1. The molecule has 138 valence electrons. The molecular formula is C18H23F2NO4. The van der Waals surface area contributed by atoms with E-state index in [0.717, 1.165) is 12.8 Å². The molecule has 5 nitrogen and oxygen atoms in total. The number of esters is 1. The number of carbonyl (C=O) groups excluding carboxylic acids is 1. The summed E-state index contributed by atoms with van der Waals surface area (Å²) in [5.74, 6) is -3.23. The molecule has 0 saturated heterocycles. The molecule has 0 heterocycles. The van der Waals surface area contributed by atoms with Gasteiger partial charge in [0.2, 0.25) is 11.6 Å². The van der Waals surface area contributed by atoms with Crippen LogP contribution in [0.4, 0.5) is 14.5 Å². The number of nitro benzene ring substituents is 1. The molecule has 1 aromatic rings. The number of benzene rings is 1. The zero-order valence-corrected chi connectivity index (χ0v) is 14.3. The smallest absolute Gasteiger partial charge is 0.340 e. The van der Waals surface area contributed by atoms with Crippen molar-refractivity contribution in [1.29, 1.82) is 0 Å². The van der Waals surface area contributed by atoms with Gasteiger partial charge in [-0.25, -0.2) is 0 Å². The fourth-order valence-electron chi connectivity index (χ4n) is 3.34. The Morgan fingerprint density at radius 3 is 2.32 bits per heavy atom. The average molecular weight is 355 g/mol. The average Bonchev–Trinajstić information content (AvgIpc) is 2.54. The summed E-state index contributed by atoms with van der Waals surface area (Å²) in [5, 5.41) is 10.6. The van der Waals surface area contributed by atoms with E-state index < -0.39 is 28.2 Å². The third-order valence-electron chi connectivity index (χ3n) is 4.79. The Morgan fingerprint density at radius 1 is 1.20 bits per heavy atom. The predicted octanol–water partition coefficient (Wildman–Crippen LogP) is 5.17. The van der Waals surface area contributed by atoms with Crippen LogP contribution in [0.1, 0.15) is 58.3 Å². The molecule has 0 radical (unpaired) electrons. The quantitative estimate of drug-likeness (QED) is 0.223. The summed E-state index contributed by atoms with van der Waals surface area (Å²) in [5.41, 5.74) is -1.24. The van der Waals surface area contributed by atoms with Crippen LogP contribution in [-0.2, 0) is 4.79 Å². The second kappa shape index (κ2) is 8.87. The number of rotatable bonds is 7. The molecule has 1 aromatic carbocycles. The van der Waals surface area contributed by atoms with E-state index in [4.69, 9.17) is 4.74 Å². The Hall–Kier alpha value is -2.05. The first kappa shape index (κ1) is 19.3. The summed E-state index contributed by atoms with van der Waals surface area (Å²) >= 11 is 0. The Morgan fingerprint density at radius 2 is 1.80 bits per heavy atom. The van der Waals surface area contributed by atoms with E-state index in [0.29, 0.717) is 30.9 Å². The van der Waals surface area contributed by atoms with Gasteiger partial charge in [-0.3, -0.25) is 14.9 Å². The van der Waals surface area contributed by atoms with Gasteiger partial charge in [-0.2, -0.15) is 8.78 Å². The van der Waals surface area contributed by atoms with Crippen molar-refractivity contribution >= 4 is 11.7 Å². The molecule has 1 aliphatic carbocycles. The molecule has 25 heavy (non-hydrogen) atoms. The van der Waals surface area contributed by atoms with Crippen LogP contribution in [0, 0.1) is 33.6 Å². The molecule has 1 aliphatic rings. The first-order chi connectivity index (χ1) is 11.9. The van der Waals surface area contributed by atoms with Crippen molar-refractivity contribution in [3.05, 3.63) is 33.9 Å². The Labute approximate surface area is 145 Å². The van der Waals surface area contributed by atoms with Gasteiger partial charge < -0.3 is 4.74 Å². The molecule has 7 heteroatoms. The van der Waals surface area contributed by atoms with Gasteiger partial charge in [-0.15, -0.1) is 0 Å². The van der Waals surface area contributed by atoms with Crippen LogP contribution in [0.5, 0.6) is 5.75 Å². The monoisotopic (exact) mass is 355 g/mol. The van der Waals surface area contributed by atoms with E-state index in [1.165, 1.54) is 25.7 Å². The molecule has 0 aromatic heterocycles. The normalized spacial score (nSPS) is 20.3. The minimum atomic E-state index is -1.35. The van der Waals surface area contributed by atoms with E-state index in [1.54, 1.807) is 0 Å². The van der Waals surface area contributed by atoms with Crippen molar-refractivity contribution in [3.63, 3.8) is 0 Å². The standard InChI is InChI=1S/C18H23F2NO4/c1-2-3-4-5-12-6-8-13(9-7-12)18(22)25-14-10-15(19)17(21(23)24)16(20)11-14/h10-13H,2-9H2,1H3. The van der Waals surface area contributed by atoms with Crippen LogP contribution in [0.3, 0.4) is 0 Å². The predicted molar refractivity (Wildman–Crippen MR) is 88.2 cm³/mol. The minimum Gasteiger partial charge on any atom is -0.426 e. The van der Waals surface area contributed by atoms with Crippen LogP contribution >= 0.6 is 0 Å². The van der Waals surface area contributed by atoms with E-state index in [2.05, 4.69) is 6.92 Å². The number of unbranched alkanes of at least 4 members (excludes halogenated alkanes) is 2. The fraction of sp³-hybridized carbons (Fsp3) is 0.611. The highest BCUT2D eigenvalue weighted by Gasteiger charge is 2.29. The first-order valence-electron chi connectivity index (χ1n) is 8.77. The number of halogens is 2. The zero-order chi connectivity index (χ0) is 18.4. The number of nitrogens with zero attached hydrogens (tertiary/aromatic N) is 1. The van der Waals surface area contributed by atoms with Crippen LogP contribution < -0.4 is 4.74 Å². The maximum atomic E-state index is 13.6. The lowest BCUT2D eigenvalue weighted by molar-refractivity contribution is -0.390. The largest absolute Gasteiger partial charge is 0.426 e. The molecule has 2 rings (SSSR count). The van der Waals surface area contributed by atoms with Crippen molar-refractivity contribution in [2.75, 3.05) is 0 Å². The minimum absolute atomic E-state index is 0.288. The van der Waals surface area contributed by atoms with Crippen molar-refractivity contribution in [2.45, 2.75) is 58.3 Å². The van der Waals surface area contributed by atoms with Gasteiger partial charge in [0, 0.05) is 12.1 Å². The van der Waals surface area contributed by atoms with Gasteiger partial charge in [0.1, 0.15) is 5.75 Å². The van der Waals surface area contributed by atoms with Gasteiger partial charge in [-0.1, -0.05) is 32.6 Å². The van der Waals surface area contributed by atoms with Gasteiger partial charge in [0.15, 0.2) is 0 Å². The number of carbonyl (C=O) groups is 1. The third-order valence-corrected chi connectivity index (χ3v) is 4.79. The summed E-state index contributed by atoms with van der Waals surface area (Å²) in [6, 6.07) is 1.35. The van der Waals surface area contributed by atoms with Crippen molar-refractivity contribution in [1.82, 2.24) is 0 Å². The van der Waals surface area contributed by atoms with Gasteiger partial charge >= 0.3 is 11.7 Å². The summed E-state index contributed by atoms with van der Waals surface area (Å²) < 4.78 is 32.2. The molecule has 0 spiro atoms. The van der Waals surface area contributed by atoms with Crippen molar-refractivity contribution < 1.29 is 23.2 Å². The molecule has 0 aliphatic heterocycles.